The number of halogens is 1. The number of rotatable bonds is 3. The van der Waals surface area contributed by atoms with Crippen LogP contribution >= 0.6 is 28.1 Å². The van der Waals surface area contributed by atoms with Crippen molar-refractivity contribution < 1.29 is 14.0 Å². The number of thiocarbonyl (C=S) groups is 1. The summed E-state index contributed by atoms with van der Waals surface area (Å²) in [6.07, 6.45) is 3.70. The Bertz CT molecular complexity index is 991. The summed E-state index contributed by atoms with van der Waals surface area (Å²) in [6, 6.07) is 9.13. The van der Waals surface area contributed by atoms with Gasteiger partial charge in [-0.05, 0) is 66.1 Å². The first-order valence-corrected chi connectivity index (χ1v) is 10.2. The molecule has 2 amide bonds. The number of nitrogens with zero attached hydrogens (tertiary/aromatic N) is 2. The highest BCUT2D eigenvalue weighted by atomic mass is 79.9. The Balaban J connectivity index is 1.67. The topological polar surface area (TPSA) is 65.8 Å². The molecule has 1 aromatic heterocycles. The van der Waals surface area contributed by atoms with Gasteiger partial charge in [0.15, 0.2) is 5.11 Å². The lowest BCUT2D eigenvalue weighted by Gasteiger charge is -2.28. The van der Waals surface area contributed by atoms with Crippen LogP contribution in [0.5, 0.6) is 0 Å². The van der Waals surface area contributed by atoms with Gasteiger partial charge in [0.1, 0.15) is 11.3 Å². The summed E-state index contributed by atoms with van der Waals surface area (Å²) in [4.78, 5) is 28.9. The summed E-state index contributed by atoms with van der Waals surface area (Å²) in [5.41, 5.74) is 1.64. The van der Waals surface area contributed by atoms with Crippen molar-refractivity contribution in [3.05, 3.63) is 51.7 Å². The van der Waals surface area contributed by atoms with Gasteiger partial charge in [-0.2, -0.15) is 0 Å². The minimum absolute atomic E-state index is 0.0246. The van der Waals surface area contributed by atoms with Crippen LogP contribution in [0.1, 0.15) is 24.2 Å². The molecule has 0 radical (unpaired) electrons. The molecule has 144 valence electrons. The fraction of sp³-hybridized carbons (Fsp3) is 0.250. The molecule has 2 aromatic rings. The summed E-state index contributed by atoms with van der Waals surface area (Å²) < 4.78 is 6.70. The molecule has 0 aliphatic carbocycles. The molecule has 0 spiro atoms. The summed E-state index contributed by atoms with van der Waals surface area (Å²) in [5.74, 6) is 0.143. The fourth-order valence-corrected chi connectivity index (χ4v) is 4.15. The van der Waals surface area contributed by atoms with E-state index in [1.54, 1.807) is 18.2 Å². The van der Waals surface area contributed by atoms with E-state index in [-0.39, 0.29) is 10.7 Å². The first-order chi connectivity index (χ1) is 13.4. The Labute approximate surface area is 176 Å². The first kappa shape index (κ1) is 18.9. The number of benzene rings is 1. The van der Waals surface area contributed by atoms with Crippen LogP contribution in [0.2, 0.25) is 0 Å². The molecular formula is C20H18BrN3O3S. The van der Waals surface area contributed by atoms with Crippen molar-refractivity contribution in [1.29, 1.82) is 0 Å². The number of nitrogens with one attached hydrogen (secondary N) is 1. The van der Waals surface area contributed by atoms with Crippen LogP contribution in [0, 0.1) is 6.92 Å². The Hall–Kier alpha value is -2.45. The van der Waals surface area contributed by atoms with Crippen LogP contribution < -0.4 is 15.1 Å². The second kappa shape index (κ2) is 7.52. The minimum Gasteiger partial charge on any atom is -0.440 e. The van der Waals surface area contributed by atoms with E-state index >= 15 is 0 Å². The highest BCUT2D eigenvalue weighted by Gasteiger charge is 2.35. The van der Waals surface area contributed by atoms with Crippen LogP contribution in [0.15, 0.2) is 44.8 Å². The number of aryl methyl sites for hydroxylation is 1. The first-order valence-electron chi connectivity index (χ1n) is 8.96. The molecule has 0 unspecified atom stereocenters. The number of carbonyl (C=O) groups is 2. The summed E-state index contributed by atoms with van der Waals surface area (Å²) >= 11 is 8.73. The number of amides is 2. The predicted molar refractivity (Wildman–Crippen MR) is 115 cm³/mol. The van der Waals surface area contributed by atoms with E-state index in [1.165, 1.54) is 11.0 Å². The van der Waals surface area contributed by atoms with E-state index in [1.807, 2.05) is 19.1 Å². The standard InChI is InChI=1S/C20H18BrN3O3S/c1-12-4-6-13(7-5-12)24-18(26)15(17(25)22-20(24)28)10-14-11-16(21)19(27-14)23-8-2-3-9-23/h4-7,10-11H,2-3,8-9H2,1H3,(H,22,25,28)/b15-10+. The normalized spacial score (nSPS) is 18.9. The molecule has 1 aromatic carbocycles. The van der Waals surface area contributed by atoms with Crippen LogP contribution in [-0.2, 0) is 9.59 Å². The Morgan fingerprint density at radius 1 is 1.18 bits per heavy atom. The molecule has 4 rings (SSSR count). The van der Waals surface area contributed by atoms with Gasteiger partial charge in [-0.3, -0.25) is 19.8 Å². The zero-order chi connectivity index (χ0) is 19.8. The van der Waals surface area contributed by atoms with Gasteiger partial charge in [-0.15, -0.1) is 0 Å². The molecule has 0 atom stereocenters. The lowest BCUT2D eigenvalue weighted by molar-refractivity contribution is -0.122. The maximum atomic E-state index is 13.0. The van der Waals surface area contributed by atoms with Crippen molar-refractivity contribution in [3.8, 4) is 0 Å². The van der Waals surface area contributed by atoms with Crippen LogP contribution in [0.4, 0.5) is 11.6 Å². The van der Waals surface area contributed by atoms with Gasteiger partial charge in [0.2, 0.25) is 5.88 Å². The van der Waals surface area contributed by atoms with Crippen molar-refractivity contribution in [2.45, 2.75) is 19.8 Å². The molecule has 0 saturated carbocycles. The van der Waals surface area contributed by atoms with E-state index in [9.17, 15) is 9.59 Å². The molecule has 2 fully saturated rings. The summed E-state index contributed by atoms with van der Waals surface area (Å²) in [7, 11) is 0. The number of hydrogen-bond acceptors (Lipinski definition) is 5. The van der Waals surface area contributed by atoms with Crippen molar-refractivity contribution >= 4 is 62.7 Å². The number of hydrogen-bond donors (Lipinski definition) is 1. The molecule has 6 nitrogen and oxygen atoms in total. The third-order valence-corrected chi connectivity index (χ3v) is 5.61. The lowest BCUT2D eigenvalue weighted by Crippen LogP contribution is -2.54. The lowest BCUT2D eigenvalue weighted by atomic mass is 10.1. The summed E-state index contributed by atoms with van der Waals surface area (Å²) in [5, 5.41) is 2.65. The van der Waals surface area contributed by atoms with Crippen LogP contribution in [0.3, 0.4) is 0 Å². The highest BCUT2D eigenvalue weighted by molar-refractivity contribution is 9.10. The molecule has 8 heteroatoms. The van der Waals surface area contributed by atoms with Gasteiger partial charge in [0.05, 0.1) is 10.2 Å². The fourth-order valence-electron chi connectivity index (χ4n) is 3.31. The predicted octanol–water partition coefficient (Wildman–Crippen LogP) is 3.78. The van der Waals surface area contributed by atoms with Crippen molar-refractivity contribution in [2.24, 2.45) is 0 Å². The van der Waals surface area contributed by atoms with Crippen LogP contribution in [-0.4, -0.2) is 30.0 Å². The number of anilines is 2. The molecule has 2 saturated heterocycles. The maximum Gasteiger partial charge on any atom is 0.270 e. The zero-order valence-electron chi connectivity index (χ0n) is 15.2. The number of carbonyl (C=O) groups excluding carboxylic acids is 2. The van der Waals surface area contributed by atoms with E-state index in [0.29, 0.717) is 11.4 Å². The van der Waals surface area contributed by atoms with Gasteiger partial charge >= 0.3 is 0 Å². The van der Waals surface area contributed by atoms with E-state index in [4.69, 9.17) is 16.6 Å². The molecule has 2 aliphatic rings. The van der Waals surface area contributed by atoms with Crippen LogP contribution in [0.25, 0.3) is 6.08 Å². The largest absolute Gasteiger partial charge is 0.440 e. The van der Waals surface area contributed by atoms with E-state index < -0.39 is 11.8 Å². The maximum absolute atomic E-state index is 13.0. The molecule has 3 heterocycles. The average molecular weight is 460 g/mol. The minimum atomic E-state index is -0.534. The average Bonchev–Trinajstić information content (AvgIpc) is 3.29. The quantitative estimate of drug-likeness (QED) is 0.429. The van der Waals surface area contributed by atoms with E-state index in [2.05, 4.69) is 26.1 Å². The molecule has 0 bridgehead atoms. The molecule has 1 N–H and O–H groups in total. The second-order valence-electron chi connectivity index (χ2n) is 6.79. The highest BCUT2D eigenvalue weighted by Crippen LogP contribution is 2.34. The van der Waals surface area contributed by atoms with Gasteiger partial charge in [-0.1, -0.05) is 17.7 Å². The monoisotopic (exact) mass is 459 g/mol. The van der Waals surface area contributed by atoms with Gasteiger partial charge in [0, 0.05) is 19.2 Å². The third kappa shape index (κ3) is 3.49. The van der Waals surface area contributed by atoms with Gasteiger partial charge in [-0.25, -0.2) is 0 Å². The molecule has 28 heavy (non-hydrogen) atoms. The van der Waals surface area contributed by atoms with Crippen molar-refractivity contribution in [1.82, 2.24) is 5.32 Å². The SMILES string of the molecule is Cc1ccc(N2C(=O)/C(=C/c3cc(Br)c(N4CCCC4)o3)C(=O)NC2=S)cc1. The number of furan rings is 1. The summed E-state index contributed by atoms with van der Waals surface area (Å²) in [6.45, 7) is 3.81. The van der Waals surface area contributed by atoms with E-state index in [0.717, 1.165) is 41.9 Å². The van der Waals surface area contributed by atoms with Crippen molar-refractivity contribution in [2.75, 3.05) is 22.9 Å². The van der Waals surface area contributed by atoms with Crippen molar-refractivity contribution in [3.63, 3.8) is 0 Å². The Morgan fingerprint density at radius 2 is 1.86 bits per heavy atom. The zero-order valence-corrected chi connectivity index (χ0v) is 17.6. The van der Waals surface area contributed by atoms with Gasteiger partial charge < -0.3 is 9.32 Å². The second-order valence-corrected chi connectivity index (χ2v) is 8.03. The Kier molecular flexibility index (Phi) is 5.07. The smallest absolute Gasteiger partial charge is 0.270 e. The Morgan fingerprint density at radius 3 is 2.54 bits per heavy atom. The molecule has 2 aliphatic heterocycles. The van der Waals surface area contributed by atoms with Gasteiger partial charge in [0.25, 0.3) is 11.8 Å². The molecular weight excluding hydrogens is 442 g/mol. The third-order valence-electron chi connectivity index (χ3n) is 4.76.